The predicted molar refractivity (Wildman–Crippen MR) is 76.1 cm³/mol. The van der Waals surface area contributed by atoms with Gasteiger partial charge in [0.2, 0.25) is 0 Å². The number of para-hydroxylation sites is 1. The number of rotatable bonds is 4. The van der Waals surface area contributed by atoms with E-state index in [4.69, 9.17) is 9.84 Å². The summed E-state index contributed by atoms with van der Waals surface area (Å²) in [6, 6.07) is 7.47. The van der Waals surface area contributed by atoms with Crippen molar-refractivity contribution in [3.63, 3.8) is 0 Å². The average Bonchev–Trinajstić information content (AvgIpc) is 2.77. The normalized spacial score (nSPS) is 18.9. The molecule has 100 valence electrons. The van der Waals surface area contributed by atoms with Crippen LogP contribution in [0.15, 0.2) is 34.2 Å². The minimum absolute atomic E-state index is 0.0362. The van der Waals surface area contributed by atoms with Gasteiger partial charge in [-0.3, -0.25) is 9.79 Å². The summed E-state index contributed by atoms with van der Waals surface area (Å²) in [4.78, 5) is 16.4. The lowest BCUT2D eigenvalue weighted by Gasteiger charge is -2.03. The smallest absolute Gasteiger partial charge is 0.264 e. The molecule has 0 unspecified atom stereocenters. The highest BCUT2D eigenvalue weighted by Gasteiger charge is 2.23. The van der Waals surface area contributed by atoms with Crippen LogP contribution in [0.1, 0.15) is 5.56 Å². The first-order valence-electron chi connectivity index (χ1n) is 5.74. The minimum atomic E-state index is -0.187. The van der Waals surface area contributed by atoms with Gasteiger partial charge in [0.15, 0.2) is 5.17 Å². The maximum atomic E-state index is 11.8. The molecule has 1 heterocycles. The van der Waals surface area contributed by atoms with E-state index in [2.05, 4.69) is 10.3 Å². The van der Waals surface area contributed by atoms with Crippen molar-refractivity contribution in [2.75, 3.05) is 20.3 Å². The summed E-state index contributed by atoms with van der Waals surface area (Å²) in [5.41, 5.74) is 0.839. The second-order valence-electron chi connectivity index (χ2n) is 3.72. The number of aliphatic hydroxyl groups excluding tert-OH is 1. The number of amidine groups is 1. The molecule has 1 aromatic carbocycles. The zero-order chi connectivity index (χ0) is 13.7. The second kappa shape index (κ2) is 6.40. The predicted octanol–water partition coefficient (Wildman–Crippen LogP) is 1.25. The van der Waals surface area contributed by atoms with E-state index in [1.165, 1.54) is 11.8 Å². The van der Waals surface area contributed by atoms with E-state index >= 15 is 0 Å². The monoisotopic (exact) mass is 278 g/mol. The third-order valence-electron chi connectivity index (χ3n) is 2.43. The van der Waals surface area contributed by atoms with Gasteiger partial charge in [0.05, 0.1) is 25.2 Å². The molecule has 6 heteroatoms. The summed E-state index contributed by atoms with van der Waals surface area (Å²) in [5.74, 6) is 0.525. The highest BCUT2D eigenvalue weighted by Crippen LogP contribution is 2.28. The van der Waals surface area contributed by atoms with Gasteiger partial charge in [-0.15, -0.1) is 0 Å². The number of aliphatic hydroxyl groups is 1. The quantitative estimate of drug-likeness (QED) is 0.813. The van der Waals surface area contributed by atoms with Crippen molar-refractivity contribution < 1.29 is 14.6 Å². The van der Waals surface area contributed by atoms with Crippen LogP contribution in [0, 0.1) is 0 Å². The lowest BCUT2D eigenvalue weighted by atomic mass is 10.2. The van der Waals surface area contributed by atoms with E-state index in [0.29, 0.717) is 15.8 Å². The fourth-order valence-corrected chi connectivity index (χ4v) is 2.42. The maximum absolute atomic E-state index is 11.8. The Kier molecular flexibility index (Phi) is 4.59. The summed E-state index contributed by atoms with van der Waals surface area (Å²) < 4.78 is 5.23. The number of carbonyl (C=O) groups excluding carboxylic acids is 1. The van der Waals surface area contributed by atoms with Gasteiger partial charge < -0.3 is 15.2 Å². The van der Waals surface area contributed by atoms with Crippen LogP contribution in [0.3, 0.4) is 0 Å². The zero-order valence-electron chi connectivity index (χ0n) is 10.4. The third-order valence-corrected chi connectivity index (χ3v) is 3.38. The molecule has 1 aliphatic rings. The Labute approximate surface area is 115 Å². The maximum Gasteiger partial charge on any atom is 0.264 e. The fraction of sp³-hybridized carbons (Fsp3) is 0.231. The number of hydrogen-bond donors (Lipinski definition) is 2. The van der Waals surface area contributed by atoms with Gasteiger partial charge in [0, 0.05) is 5.56 Å². The van der Waals surface area contributed by atoms with Crippen LogP contribution in [0.25, 0.3) is 6.08 Å². The highest BCUT2D eigenvalue weighted by atomic mass is 32.2. The number of nitrogens with zero attached hydrogens (tertiary/aromatic N) is 1. The Bertz CT molecular complexity index is 540. The van der Waals surface area contributed by atoms with E-state index < -0.39 is 0 Å². The van der Waals surface area contributed by atoms with Crippen LogP contribution in [0.2, 0.25) is 0 Å². The molecule has 2 N–H and O–H groups in total. The number of thioether (sulfide) groups is 1. The van der Waals surface area contributed by atoms with Gasteiger partial charge in [-0.2, -0.15) is 0 Å². The summed E-state index contributed by atoms with van der Waals surface area (Å²) in [7, 11) is 1.59. The van der Waals surface area contributed by atoms with Crippen molar-refractivity contribution in [3.05, 3.63) is 34.7 Å². The summed E-state index contributed by atoms with van der Waals surface area (Å²) in [5, 5.41) is 11.9. The second-order valence-corrected chi connectivity index (χ2v) is 4.75. The first kappa shape index (κ1) is 13.6. The molecule has 1 aromatic rings. The molecule has 0 bridgehead atoms. The molecular formula is C13H14N2O3S. The Morgan fingerprint density at radius 2 is 2.26 bits per heavy atom. The minimum Gasteiger partial charge on any atom is -0.496 e. The standard InChI is InChI=1S/C13H14N2O3S/c1-18-10-5-3-2-4-9(10)8-11-12(17)15-13(19-11)14-6-7-16/h2-5,8,16H,6-7H2,1H3,(H,14,15,17)/b11-8-. The number of amides is 1. The fourth-order valence-electron chi connectivity index (χ4n) is 1.58. The van der Waals surface area contributed by atoms with Gasteiger partial charge in [-0.1, -0.05) is 18.2 Å². The average molecular weight is 278 g/mol. The van der Waals surface area contributed by atoms with Crippen molar-refractivity contribution in [1.29, 1.82) is 0 Å². The molecule has 1 fully saturated rings. The lowest BCUT2D eigenvalue weighted by molar-refractivity contribution is -0.115. The number of ether oxygens (including phenoxy) is 1. The first-order valence-corrected chi connectivity index (χ1v) is 6.55. The van der Waals surface area contributed by atoms with Gasteiger partial charge in [-0.05, 0) is 23.9 Å². The van der Waals surface area contributed by atoms with Crippen molar-refractivity contribution >= 4 is 28.9 Å². The Morgan fingerprint density at radius 1 is 1.47 bits per heavy atom. The number of benzene rings is 1. The molecule has 19 heavy (non-hydrogen) atoms. The third kappa shape index (κ3) is 3.36. The van der Waals surface area contributed by atoms with Crippen LogP contribution in [-0.4, -0.2) is 36.4 Å². The number of methoxy groups -OCH3 is 1. The zero-order valence-corrected chi connectivity index (χ0v) is 11.2. The van der Waals surface area contributed by atoms with Crippen LogP contribution < -0.4 is 10.1 Å². The van der Waals surface area contributed by atoms with Gasteiger partial charge >= 0.3 is 0 Å². The molecule has 0 aromatic heterocycles. The molecule has 0 aliphatic carbocycles. The molecular weight excluding hydrogens is 264 g/mol. The van der Waals surface area contributed by atoms with E-state index in [0.717, 1.165) is 5.56 Å². The number of hydrogen-bond acceptors (Lipinski definition) is 5. The van der Waals surface area contributed by atoms with E-state index in [1.54, 1.807) is 13.2 Å². The topological polar surface area (TPSA) is 70.9 Å². The molecule has 0 radical (unpaired) electrons. The van der Waals surface area contributed by atoms with E-state index in [-0.39, 0.29) is 19.1 Å². The summed E-state index contributed by atoms with van der Waals surface area (Å²) in [6.07, 6.45) is 1.76. The molecule has 1 aliphatic heterocycles. The molecule has 0 saturated carbocycles. The molecule has 0 atom stereocenters. The van der Waals surface area contributed by atoms with Crippen LogP contribution in [0.5, 0.6) is 5.75 Å². The molecule has 1 amide bonds. The Balaban J connectivity index is 2.22. The Hall–Kier alpha value is -1.79. The van der Waals surface area contributed by atoms with E-state index in [9.17, 15) is 4.79 Å². The lowest BCUT2D eigenvalue weighted by Crippen LogP contribution is -2.20. The Morgan fingerprint density at radius 3 is 3.00 bits per heavy atom. The van der Waals surface area contributed by atoms with E-state index in [1.807, 2.05) is 24.3 Å². The number of nitrogens with one attached hydrogen (secondary N) is 1. The van der Waals surface area contributed by atoms with Crippen LogP contribution >= 0.6 is 11.8 Å². The number of aliphatic imine (C=N–C) groups is 1. The molecule has 0 spiro atoms. The van der Waals surface area contributed by atoms with Crippen molar-refractivity contribution in [3.8, 4) is 5.75 Å². The van der Waals surface area contributed by atoms with Crippen LogP contribution in [0.4, 0.5) is 0 Å². The largest absolute Gasteiger partial charge is 0.496 e. The highest BCUT2D eigenvalue weighted by molar-refractivity contribution is 8.18. The van der Waals surface area contributed by atoms with Gasteiger partial charge in [-0.25, -0.2) is 0 Å². The molecule has 2 rings (SSSR count). The van der Waals surface area contributed by atoms with Crippen LogP contribution in [-0.2, 0) is 4.79 Å². The summed E-state index contributed by atoms with van der Waals surface area (Å²) >= 11 is 1.26. The molecule has 5 nitrogen and oxygen atoms in total. The summed E-state index contributed by atoms with van der Waals surface area (Å²) in [6.45, 7) is 0.246. The first-order chi connectivity index (χ1) is 9.24. The van der Waals surface area contributed by atoms with Crippen molar-refractivity contribution in [1.82, 2.24) is 5.32 Å². The SMILES string of the molecule is COc1ccccc1/C=C1\SC(=NCCO)NC1=O. The van der Waals surface area contributed by atoms with Gasteiger partial charge in [0.25, 0.3) is 5.91 Å². The van der Waals surface area contributed by atoms with Gasteiger partial charge in [0.1, 0.15) is 5.75 Å². The van der Waals surface area contributed by atoms with Crippen molar-refractivity contribution in [2.24, 2.45) is 4.99 Å². The van der Waals surface area contributed by atoms with Crippen molar-refractivity contribution in [2.45, 2.75) is 0 Å². The number of carbonyl (C=O) groups is 1. The molecule has 1 saturated heterocycles.